The van der Waals surface area contributed by atoms with Crippen LogP contribution in [0.15, 0.2) is 11.4 Å². The van der Waals surface area contributed by atoms with Crippen molar-refractivity contribution >= 4 is 5.78 Å². The molecule has 0 aromatic heterocycles. The van der Waals surface area contributed by atoms with Crippen molar-refractivity contribution < 1.29 is 39.9 Å². The van der Waals surface area contributed by atoms with E-state index in [1.165, 1.54) is 0 Å². The van der Waals surface area contributed by atoms with Crippen LogP contribution in [0.2, 0.25) is 0 Å². The summed E-state index contributed by atoms with van der Waals surface area (Å²) in [6.45, 7) is 0. The van der Waals surface area contributed by atoms with Crippen molar-refractivity contribution in [2.75, 3.05) is 0 Å². The van der Waals surface area contributed by atoms with Gasteiger partial charge in [0.05, 0.1) is 0 Å². The predicted octanol–water partition coefficient (Wildman–Crippen LogP) is 2.63. The molecule has 0 atom stereocenters. The first-order valence-corrected chi connectivity index (χ1v) is 3.22. The predicted molar refractivity (Wildman–Crippen MR) is 29.1 cm³/mol. The van der Waals surface area contributed by atoms with Crippen LogP contribution in [-0.2, 0) is 4.79 Å². The van der Waals surface area contributed by atoms with E-state index in [0.29, 0.717) is 0 Å². The molecule has 1 nitrogen and oxygen atoms in total. The normalized spacial score (nSPS) is 21.7. The molecule has 0 unspecified atom stereocenters. The summed E-state index contributed by atoms with van der Waals surface area (Å²) in [5.41, 5.74) is -2.82. The molecule has 86 valence electrons. The smallest absolute Gasteiger partial charge is 0.287 e. The molecule has 0 saturated carbocycles. The second-order valence-corrected chi connectivity index (χ2v) is 2.66. The maximum Gasteiger partial charge on any atom is 0.458 e. The quantitative estimate of drug-likeness (QED) is 0.644. The number of carbonyl (C=O) groups excluding carboxylic acids is 1. The number of Topliss-reactive ketones (excluding diaryl/α,β-unsaturated/α-hetero) is 1. The Labute approximate surface area is 76.4 Å². The molecule has 1 rings (SSSR count). The second kappa shape index (κ2) is 2.70. The van der Waals surface area contributed by atoms with Gasteiger partial charge < -0.3 is 0 Å². The number of alkyl halides is 7. The van der Waals surface area contributed by atoms with Gasteiger partial charge in [-0.25, -0.2) is 4.39 Å². The van der Waals surface area contributed by atoms with Crippen molar-refractivity contribution in [3.63, 3.8) is 0 Å². The van der Waals surface area contributed by atoms with Gasteiger partial charge in [-0.05, 0) is 0 Å². The van der Waals surface area contributed by atoms with Crippen molar-refractivity contribution in [2.45, 2.75) is 18.0 Å². The minimum Gasteiger partial charge on any atom is -0.287 e. The zero-order chi connectivity index (χ0) is 12.2. The number of allylic oxidation sites excluding steroid dienone is 2. The third-order valence-corrected chi connectivity index (χ3v) is 1.68. The number of rotatable bonds is 1. The number of hydrogen-bond acceptors (Lipinski definition) is 1. The van der Waals surface area contributed by atoms with Crippen LogP contribution >= 0.6 is 0 Å². The summed E-state index contributed by atoms with van der Waals surface area (Å²) in [6.07, 6.45) is -6.29. The summed E-state index contributed by atoms with van der Waals surface area (Å²) in [5.74, 6) is -16.6. The fourth-order valence-corrected chi connectivity index (χ4v) is 0.873. The van der Waals surface area contributed by atoms with Crippen LogP contribution < -0.4 is 0 Å². The molecular formula is C6F8O. The molecule has 9 heteroatoms. The first-order valence-electron chi connectivity index (χ1n) is 3.22. The summed E-state index contributed by atoms with van der Waals surface area (Å²) < 4.78 is 95.3. The first-order chi connectivity index (χ1) is 6.44. The molecule has 15 heavy (non-hydrogen) atoms. The average molecular weight is 240 g/mol. The Morgan fingerprint density at radius 2 is 1.40 bits per heavy atom. The Balaban J connectivity index is 3.25. The molecule has 0 bridgehead atoms. The third kappa shape index (κ3) is 1.32. The molecular weight excluding hydrogens is 240 g/mol. The maximum absolute atomic E-state index is 12.2. The van der Waals surface area contributed by atoms with E-state index in [-0.39, 0.29) is 0 Å². The number of halogens is 8. The summed E-state index contributed by atoms with van der Waals surface area (Å²) in [4.78, 5) is 10.2. The summed E-state index contributed by atoms with van der Waals surface area (Å²) in [5, 5.41) is 0. The molecule has 0 aromatic carbocycles. The molecule has 0 amide bonds. The maximum atomic E-state index is 12.2. The van der Waals surface area contributed by atoms with E-state index in [9.17, 15) is 39.9 Å². The van der Waals surface area contributed by atoms with Gasteiger partial charge in [-0.2, -0.15) is 30.7 Å². The average Bonchev–Trinajstić information content (AvgIpc) is 2.02. The van der Waals surface area contributed by atoms with E-state index in [0.717, 1.165) is 0 Å². The lowest BCUT2D eigenvalue weighted by molar-refractivity contribution is -0.268. The van der Waals surface area contributed by atoms with Gasteiger partial charge in [0.15, 0.2) is 5.83 Å². The van der Waals surface area contributed by atoms with Gasteiger partial charge in [-0.3, -0.25) is 4.79 Å². The topological polar surface area (TPSA) is 17.1 Å². The van der Waals surface area contributed by atoms with Crippen LogP contribution in [-0.4, -0.2) is 23.8 Å². The minimum absolute atomic E-state index is 2.82. The second-order valence-electron chi connectivity index (χ2n) is 2.66. The van der Waals surface area contributed by atoms with E-state index in [4.69, 9.17) is 0 Å². The largest absolute Gasteiger partial charge is 0.458 e. The highest BCUT2D eigenvalue weighted by Crippen LogP contribution is 2.52. The van der Waals surface area contributed by atoms with Gasteiger partial charge in [0.2, 0.25) is 5.78 Å². The highest BCUT2D eigenvalue weighted by Gasteiger charge is 2.72. The summed E-state index contributed by atoms with van der Waals surface area (Å²) in [6, 6.07) is 0. The van der Waals surface area contributed by atoms with Gasteiger partial charge in [0.25, 0.3) is 0 Å². The fraction of sp³-hybridized carbons (Fsp3) is 0.500. The number of ketones is 1. The molecule has 1 aliphatic carbocycles. The Kier molecular flexibility index (Phi) is 2.15. The highest BCUT2D eigenvalue weighted by molar-refractivity contribution is 6.11. The molecule has 0 N–H and O–H groups in total. The van der Waals surface area contributed by atoms with E-state index < -0.39 is 35.2 Å². The van der Waals surface area contributed by atoms with Gasteiger partial charge in [-0.15, -0.1) is 0 Å². The van der Waals surface area contributed by atoms with Gasteiger partial charge in [0, 0.05) is 0 Å². The van der Waals surface area contributed by atoms with Crippen LogP contribution in [0.1, 0.15) is 0 Å². The lowest BCUT2D eigenvalue weighted by atomic mass is 9.86. The Morgan fingerprint density at radius 3 is 1.67 bits per heavy atom. The molecule has 0 heterocycles. The van der Waals surface area contributed by atoms with E-state index in [1.807, 2.05) is 0 Å². The molecule has 0 saturated heterocycles. The molecule has 0 spiro atoms. The molecule has 0 aliphatic heterocycles. The third-order valence-electron chi connectivity index (χ3n) is 1.68. The van der Waals surface area contributed by atoms with Crippen LogP contribution in [0.25, 0.3) is 0 Å². The van der Waals surface area contributed by atoms with E-state index in [2.05, 4.69) is 0 Å². The molecule has 0 aromatic rings. The van der Waals surface area contributed by atoms with Crippen LogP contribution in [0.5, 0.6) is 0 Å². The molecule has 0 fully saturated rings. The van der Waals surface area contributed by atoms with Crippen molar-refractivity contribution in [1.82, 2.24) is 0 Å². The van der Waals surface area contributed by atoms with E-state index >= 15 is 0 Å². The number of hydrogen-bond donors (Lipinski definition) is 0. The monoisotopic (exact) mass is 240 g/mol. The van der Waals surface area contributed by atoms with Crippen molar-refractivity contribution in [1.29, 1.82) is 0 Å². The minimum atomic E-state index is -6.29. The van der Waals surface area contributed by atoms with Gasteiger partial charge >= 0.3 is 18.0 Å². The van der Waals surface area contributed by atoms with Crippen molar-refractivity contribution in [3.05, 3.63) is 11.4 Å². The molecule has 0 radical (unpaired) electrons. The van der Waals surface area contributed by atoms with Gasteiger partial charge in [0.1, 0.15) is 5.57 Å². The number of carbonyl (C=O) groups is 1. The Morgan fingerprint density at radius 1 is 1.00 bits per heavy atom. The standard InChI is InChI=1S/C6F8O/c7-2-1(3(15)4(2,8)9)5(10,11)6(12,13)14. The van der Waals surface area contributed by atoms with Crippen LogP contribution in [0.3, 0.4) is 0 Å². The lowest BCUT2D eigenvalue weighted by Gasteiger charge is -2.31. The lowest BCUT2D eigenvalue weighted by Crippen LogP contribution is -2.53. The Hall–Kier alpha value is -1.15. The zero-order valence-electron chi connectivity index (χ0n) is 6.43. The molecule has 1 aliphatic rings. The van der Waals surface area contributed by atoms with Crippen molar-refractivity contribution in [2.24, 2.45) is 0 Å². The van der Waals surface area contributed by atoms with Crippen LogP contribution in [0.4, 0.5) is 35.1 Å². The SMILES string of the molecule is O=C1C(C(F)(F)C(F)(F)F)=C(F)C1(F)F. The van der Waals surface area contributed by atoms with Crippen LogP contribution in [0, 0.1) is 0 Å². The van der Waals surface area contributed by atoms with Gasteiger partial charge in [-0.1, -0.05) is 0 Å². The van der Waals surface area contributed by atoms with Crippen molar-refractivity contribution in [3.8, 4) is 0 Å². The summed E-state index contributed by atoms with van der Waals surface area (Å²) >= 11 is 0. The Bertz CT molecular complexity index is 349. The zero-order valence-corrected chi connectivity index (χ0v) is 6.43. The fourth-order valence-electron chi connectivity index (χ4n) is 0.873. The highest BCUT2D eigenvalue weighted by atomic mass is 19.4. The first kappa shape index (κ1) is 11.9. The summed E-state index contributed by atoms with van der Waals surface area (Å²) in [7, 11) is 0. The van der Waals surface area contributed by atoms with E-state index in [1.54, 1.807) is 0 Å².